The number of rotatable bonds is 5. The van der Waals surface area contributed by atoms with Crippen molar-refractivity contribution in [3.8, 4) is 0 Å². The Morgan fingerprint density at radius 1 is 1.29 bits per heavy atom. The van der Waals surface area contributed by atoms with Crippen LogP contribution in [0.2, 0.25) is 0 Å². The summed E-state index contributed by atoms with van der Waals surface area (Å²) in [7, 11) is 1.71. The molecule has 0 unspecified atom stereocenters. The predicted octanol–water partition coefficient (Wildman–Crippen LogP) is 1.88. The van der Waals surface area contributed by atoms with Crippen LogP contribution in [-0.4, -0.2) is 50.7 Å². The van der Waals surface area contributed by atoms with Crippen molar-refractivity contribution < 1.29 is 9.90 Å². The first-order valence-corrected chi connectivity index (χ1v) is 8.11. The Morgan fingerprint density at radius 3 is 2.79 bits per heavy atom. The van der Waals surface area contributed by atoms with Gasteiger partial charge in [-0.1, -0.05) is 12.1 Å². The van der Waals surface area contributed by atoms with E-state index in [4.69, 9.17) is 10.1 Å². The number of hydrogen-bond donors (Lipinski definition) is 1. The lowest BCUT2D eigenvalue weighted by Gasteiger charge is -2.16. The second kappa shape index (κ2) is 6.57. The Hall–Kier alpha value is -2.47. The minimum atomic E-state index is -0.0202. The summed E-state index contributed by atoms with van der Waals surface area (Å²) in [5.41, 5.74) is 4.78. The molecule has 0 aliphatic heterocycles. The number of aliphatic hydroxyl groups is 1. The molecule has 3 aromatic rings. The molecule has 0 saturated carbocycles. The number of amides is 1. The third-order valence-corrected chi connectivity index (χ3v) is 4.47. The first-order chi connectivity index (χ1) is 11.5. The largest absolute Gasteiger partial charge is 0.395 e. The van der Waals surface area contributed by atoms with Crippen molar-refractivity contribution in [3.05, 3.63) is 41.2 Å². The number of fused-ring (bicyclic) bond motifs is 3. The first kappa shape index (κ1) is 16.4. The molecule has 24 heavy (non-hydrogen) atoms. The van der Waals surface area contributed by atoms with Crippen LogP contribution in [0.25, 0.3) is 16.6 Å². The van der Waals surface area contributed by atoms with Gasteiger partial charge in [-0.15, -0.1) is 0 Å². The summed E-state index contributed by atoms with van der Waals surface area (Å²) >= 11 is 0. The monoisotopic (exact) mass is 326 g/mol. The molecule has 0 saturated heterocycles. The van der Waals surface area contributed by atoms with Gasteiger partial charge in [0.15, 0.2) is 5.65 Å². The van der Waals surface area contributed by atoms with E-state index in [1.807, 2.05) is 42.6 Å². The molecule has 1 N–H and O–H groups in total. The number of nitrogens with zero attached hydrogens (tertiary/aromatic N) is 4. The normalized spacial score (nSPS) is 11.3. The summed E-state index contributed by atoms with van der Waals surface area (Å²) in [6.45, 7) is 4.34. The molecule has 126 valence electrons. The van der Waals surface area contributed by atoms with Crippen LogP contribution >= 0.6 is 0 Å². The topological polar surface area (TPSA) is 70.7 Å². The van der Waals surface area contributed by atoms with E-state index >= 15 is 0 Å². The quantitative estimate of drug-likeness (QED) is 0.777. The maximum absolute atomic E-state index is 12.1. The van der Waals surface area contributed by atoms with Crippen molar-refractivity contribution in [1.29, 1.82) is 0 Å². The van der Waals surface area contributed by atoms with E-state index < -0.39 is 0 Å². The molecule has 3 rings (SSSR count). The number of aryl methyl sites for hydroxylation is 2. The SMILES string of the molecule is Cc1nc2c3ccccc3nn2c(C)c1CCC(=O)N(C)CCO. The molecule has 0 spiro atoms. The minimum Gasteiger partial charge on any atom is -0.395 e. The maximum Gasteiger partial charge on any atom is 0.222 e. The standard InChI is InChI=1S/C18H22N4O2/c1-12-14(8-9-17(24)21(3)10-11-23)13(2)22-18(19-12)15-6-4-5-7-16(15)20-22/h4-7,23H,8-11H2,1-3H3. The van der Waals surface area contributed by atoms with Crippen LogP contribution in [-0.2, 0) is 11.2 Å². The zero-order valence-corrected chi connectivity index (χ0v) is 14.3. The second-order valence-corrected chi connectivity index (χ2v) is 6.05. The van der Waals surface area contributed by atoms with Gasteiger partial charge in [-0.3, -0.25) is 4.79 Å². The average molecular weight is 326 g/mol. The van der Waals surface area contributed by atoms with Crippen molar-refractivity contribution in [3.63, 3.8) is 0 Å². The summed E-state index contributed by atoms with van der Waals surface area (Å²) in [6, 6.07) is 7.95. The third kappa shape index (κ3) is 2.85. The summed E-state index contributed by atoms with van der Waals surface area (Å²) < 4.78 is 1.87. The van der Waals surface area contributed by atoms with Crippen LogP contribution in [0, 0.1) is 13.8 Å². The van der Waals surface area contributed by atoms with Crippen LogP contribution in [0.1, 0.15) is 23.4 Å². The third-order valence-electron chi connectivity index (χ3n) is 4.47. The van der Waals surface area contributed by atoms with Crippen LogP contribution in [0.3, 0.4) is 0 Å². The van der Waals surface area contributed by atoms with Gasteiger partial charge in [0.25, 0.3) is 0 Å². The molecule has 2 heterocycles. The molecular formula is C18H22N4O2. The van der Waals surface area contributed by atoms with Gasteiger partial charge in [0.05, 0.1) is 12.1 Å². The highest BCUT2D eigenvalue weighted by Gasteiger charge is 2.16. The molecule has 0 radical (unpaired) electrons. The van der Waals surface area contributed by atoms with Gasteiger partial charge in [-0.2, -0.15) is 5.10 Å². The highest BCUT2D eigenvalue weighted by Crippen LogP contribution is 2.23. The van der Waals surface area contributed by atoms with Crippen molar-refractivity contribution in [2.75, 3.05) is 20.2 Å². The average Bonchev–Trinajstić information content (AvgIpc) is 2.93. The minimum absolute atomic E-state index is 0.0202. The molecule has 1 amide bonds. The van der Waals surface area contributed by atoms with Crippen molar-refractivity contribution in [1.82, 2.24) is 19.5 Å². The van der Waals surface area contributed by atoms with Gasteiger partial charge in [-0.05, 0) is 38.0 Å². The number of aromatic nitrogens is 3. The summed E-state index contributed by atoms with van der Waals surface area (Å²) in [5.74, 6) is 0.0218. The number of aliphatic hydroxyl groups excluding tert-OH is 1. The Morgan fingerprint density at radius 2 is 2.04 bits per heavy atom. The lowest BCUT2D eigenvalue weighted by atomic mass is 10.1. The highest BCUT2D eigenvalue weighted by molar-refractivity contribution is 5.92. The lowest BCUT2D eigenvalue weighted by Crippen LogP contribution is -2.29. The molecule has 2 aromatic heterocycles. The van der Waals surface area contributed by atoms with Crippen molar-refractivity contribution >= 4 is 22.5 Å². The van der Waals surface area contributed by atoms with Crippen molar-refractivity contribution in [2.24, 2.45) is 0 Å². The Kier molecular flexibility index (Phi) is 4.49. The Balaban J connectivity index is 1.94. The predicted molar refractivity (Wildman–Crippen MR) is 93.0 cm³/mol. The number of benzene rings is 1. The van der Waals surface area contributed by atoms with Gasteiger partial charge in [0, 0.05) is 36.8 Å². The molecule has 6 nitrogen and oxygen atoms in total. The molecule has 0 aliphatic rings. The zero-order valence-electron chi connectivity index (χ0n) is 14.3. The summed E-state index contributed by atoms with van der Waals surface area (Å²) in [6.07, 6.45) is 1.01. The summed E-state index contributed by atoms with van der Waals surface area (Å²) in [5, 5.41) is 14.6. The van der Waals surface area contributed by atoms with Gasteiger partial charge in [0.2, 0.25) is 5.91 Å². The number of carbonyl (C=O) groups is 1. The molecule has 1 aromatic carbocycles. The van der Waals surface area contributed by atoms with Gasteiger partial charge in [0.1, 0.15) is 0 Å². The second-order valence-electron chi connectivity index (χ2n) is 6.05. The van der Waals surface area contributed by atoms with Gasteiger partial charge < -0.3 is 10.0 Å². The van der Waals surface area contributed by atoms with E-state index in [0.29, 0.717) is 19.4 Å². The molecular weight excluding hydrogens is 304 g/mol. The van der Waals surface area contributed by atoms with Gasteiger partial charge in [-0.25, -0.2) is 9.50 Å². The van der Waals surface area contributed by atoms with E-state index in [0.717, 1.165) is 33.5 Å². The highest BCUT2D eigenvalue weighted by atomic mass is 16.3. The van der Waals surface area contributed by atoms with Crippen LogP contribution in [0.4, 0.5) is 0 Å². The fourth-order valence-electron chi connectivity index (χ4n) is 3.04. The molecule has 6 heteroatoms. The van der Waals surface area contributed by atoms with E-state index in [9.17, 15) is 4.79 Å². The van der Waals surface area contributed by atoms with Crippen LogP contribution in [0.15, 0.2) is 24.3 Å². The number of hydrogen-bond acceptors (Lipinski definition) is 4. The van der Waals surface area contributed by atoms with E-state index in [-0.39, 0.29) is 12.5 Å². The fraction of sp³-hybridized carbons (Fsp3) is 0.389. The lowest BCUT2D eigenvalue weighted by molar-refractivity contribution is -0.130. The summed E-state index contributed by atoms with van der Waals surface area (Å²) in [4.78, 5) is 18.4. The Labute approximate surface area is 140 Å². The Bertz CT molecular complexity index is 901. The maximum atomic E-state index is 12.1. The fourth-order valence-corrected chi connectivity index (χ4v) is 3.04. The van der Waals surface area contributed by atoms with Gasteiger partial charge >= 0.3 is 0 Å². The number of carbonyl (C=O) groups excluding carboxylic acids is 1. The molecule has 0 fully saturated rings. The zero-order chi connectivity index (χ0) is 17.3. The van der Waals surface area contributed by atoms with E-state index in [1.165, 1.54) is 0 Å². The van der Waals surface area contributed by atoms with E-state index in [1.54, 1.807) is 11.9 Å². The molecule has 0 bridgehead atoms. The molecule has 0 aliphatic carbocycles. The number of likely N-dealkylation sites (N-methyl/N-ethyl adjacent to an activating group) is 1. The first-order valence-electron chi connectivity index (χ1n) is 8.11. The smallest absolute Gasteiger partial charge is 0.222 e. The van der Waals surface area contributed by atoms with Crippen LogP contribution in [0.5, 0.6) is 0 Å². The van der Waals surface area contributed by atoms with E-state index in [2.05, 4.69) is 5.10 Å². The van der Waals surface area contributed by atoms with Crippen LogP contribution < -0.4 is 0 Å². The van der Waals surface area contributed by atoms with Crippen molar-refractivity contribution in [2.45, 2.75) is 26.7 Å². The molecule has 0 atom stereocenters.